The van der Waals surface area contributed by atoms with E-state index in [1.807, 2.05) is 12.1 Å². The molecule has 1 N–H and O–H groups in total. The van der Waals surface area contributed by atoms with E-state index in [0.717, 1.165) is 49.0 Å². The van der Waals surface area contributed by atoms with Crippen molar-refractivity contribution < 1.29 is 4.21 Å². The fourth-order valence-corrected chi connectivity index (χ4v) is 3.71. The molecule has 2 aromatic rings. The van der Waals surface area contributed by atoms with Crippen LogP contribution in [0.3, 0.4) is 0 Å². The van der Waals surface area contributed by atoms with Crippen molar-refractivity contribution in [3.05, 3.63) is 35.9 Å². The van der Waals surface area contributed by atoms with Crippen LogP contribution < -0.4 is 10.2 Å². The number of nitrogens with one attached hydrogen (secondary N) is 1. The number of benzene rings is 1. The Morgan fingerprint density at radius 3 is 2.81 bits per heavy atom. The van der Waals surface area contributed by atoms with Crippen LogP contribution in [-0.2, 0) is 17.3 Å². The maximum Gasteiger partial charge on any atom is 0.133 e. The van der Waals surface area contributed by atoms with Gasteiger partial charge in [0.15, 0.2) is 0 Å². The van der Waals surface area contributed by atoms with E-state index < -0.39 is 10.8 Å². The van der Waals surface area contributed by atoms with E-state index >= 15 is 0 Å². The minimum absolute atomic E-state index is 0.659. The predicted molar refractivity (Wildman–Crippen MR) is 89.2 cm³/mol. The third kappa shape index (κ3) is 3.24. The Morgan fingerprint density at radius 1 is 1.29 bits per heavy atom. The molecular weight excluding hydrogens is 282 g/mol. The molecule has 0 saturated carbocycles. The van der Waals surface area contributed by atoms with Gasteiger partial charge in [0.25, 0.3) is 0 Å². The molecule has 5 heteroatoms. The first-order chi connectivity index (χ1) is 10.3. The molecule has 4 nitrogen and oxygen atoms in total. The predicted octanol–water partition coefficient (Wildman–Crippen LogP) is 1.91. The summed E-state index contributed by atoms with van der Waals surface area (Å²) in [7, 11) is -0.659. The Kier molecular flexibility index (Phi) is 4.51. The molecule has 0 atom stereocenters. The SMILES string of the molecule is CCNCc1cc2ccccc2nc1N1CCS(=O)CC1. The average Bonchev–Trinajstić information content (AvgIpc) is 2.53. The Morgan fingerprint density at radius 2 is 2.05 bits per heavy atom. The van der Waals surface area contributed by atoms with Crippen LogP contribution in [0.1, 0.15) is 12.5 Å². The van der Waals surface area contributed by atoms with Crippen LogP contribution in [0, 0.1) is 0 Å². The maximum absolute atomic E-state index is 11.6. The van der Waals surface area contributed by atoms with Crippen LogP contribution in [0.15, 0.2) is 30.3 Å². The molecule has 21 heavy (non-hydrogen) atoms. The standard InChI is InChI=1S/C16H21N3OS/c1-2-17-12-14-11-13-5-3-4-6-15(13)18-16(14)19-7-9-21(20)10-8-19/h3-6,11,17H,2,7-10,12H2,1H3. The molecule has 1 fully saturated rings. The highest BCUT2D eigenvalue weighted by Gasteiger charge is 2.19. The molecule has 0 unspecified atom stereocenters. The Hall–Kier alpha value is -1.46. The molecular formula is C16H21N3OS. The smallest absolute Gasteiger partial charge is 0.133 e. The number of aromatic nitrogens is 1. The van der Waals surface area contributed by atoms with Gasteiger partial charge in [0.1, 0.15) is 5.82 Å². The summed E-state index contributed by atoms with van der Waals surface area (Å²) in [4.78, 5) is 7.14. The van der Waals surface area contributed by atoms with E-state index in [1.54, 1.807) is 0 Å². The first-order valence-electron chi connectivity index (χ1n) is 7.47. The highest BCUT2D eigenvalue weighted by atomic mass is 32.2. The van der Waals surface area contributed by atoms with Gasteiger partial charge in [-0.25, -0.2) is 4.98 Å². The van der Waals surface area contributed by atoms with E-state index in [4.69, 9.17) is 4.98 Å². The van der Waals surface area contributed by atoms with Crippen LogP contribution in [-0.4, -0.2) is 40.3 Å². The zero-order valence-corrected chi connectivity index (χ0v) is 13.2. The van der Waals surface area contributed by atoms with Gasteiger partial charge in [0.2, 0.25) is 0 Å². The van der Waals surface area contributed by atoms with E-state index in [9.17, 15) is 4.21 Å². The number of nitrogens with zero attached hydrogens (tertiary/aromatic N) is 2. The summed E-state index contributed by atoms with van der Waals surface area (Å²) in [5.41, 5.74) is 2.25. The van der Waals surface area contributed by atoms with Crippen LogP contribution >= 0.6 is 0 Å². The fraction of sp³-hybridized carbons (Fsp3) is 0.438. The second kappa shape index (κ2) is 6.54. The minimum atomic E-state index is -0.659. The van der Waals surface area contributed by atoms with Gasteiger partial charge >= 0.3 is 0 Å². The van der Waals surface area contributed by atoms with Crippen LogP contribution in [0.5, 0.6) is 0 Å². The summed E-state index contributed by atoms with van der Waals surface area (Å²) >= 11 is 0. The van der Waals surface area contributed by atoms with Crippen molar-refractivity contribution in [2.45, 2.75) is 13.5 Å². The largest absolute Gasteiger partial charge is 0.354 e. The molecule has 1 aliphatic heterocycles. The van der Waals surface area contributed by atoms with Gasteiger partial charge in [0.05, 0.1) is 5.52 Å². The molecule has 2 heterocycles. The van der Waals surface area contributed by atoms with Crippen molar-refractivity contribution in [2.24, 2.45) is 0 Å². The summed E-state index contributed by atoms with van der Waals surface area (Å²) in [5, 5.41) is 4.57. The van der Waals surface area contributed by atoms with Crippen molar-refractivity contribution in [1.82, 2.24) is 10.3 Å². The molecule has 0 aliphatic carbocycles. The summed E-state index contributed by atoms with van der Waals surface area (Å²) in [6.45, 7) is 5.53. The third-order valence-electron chi connectivity index (χ3n) is 3.82. The zero-order valence-electron chi connectivity index (χ0n) is 12.3. The number of hydrogen-bond acceptors (Lipinski definition) is 4. The van der Waals surface area contributed by atoms with Crippen LogP contribution in [0.4, 0.5) is 5.82 Å². The first kappa shape index (κ1) is 14.5. The number of hydrogen-bond donors (Lipinski definition) is 1. The van der Waals surface area contributed by atoms with Crippen LogP contribution in [0.25, 0.3) is 10.9 Å². The van der Waals surface area contributed by atoms with Gasteiger partial charge < -0.3 is 10.2 Å². The lowest BCUT2D eigenvalue weighted by molar-refractivity contribution is 0.670. The first-order valence-corrected chi connectivity index (χ1v) is 8.96. The lowest BCUT2D eigenvalue weighted by Gasteiger charge is -2.29. The number of rotatable bonds is 4. The molecule has 1 aromatic heterocycles. The van der Waals surface area contributed by atoms with E-state index in [-0.39, 0.29) is 0 Å². The topological polar surface area (TPSA) is 45.2 Å². The number of pyridine rings is 1. The highest BCUT2D eigenvalue weighted by molar-refractivity contribution is 7.85. The highest BCUT2D eigenvalue weighted by Crippen LogP contribution is 2.24. The van der Waals surface area contributed by atoms with E-state index in [0.29, 0.717) is 0 Å². The summed E-state index contributed by atoms with van der Waals surface area (Å²) in [6.07, 6.45) is 0. The van der Waals surface area contributed by atoms with Gasteiger partial charge in [0, 0.05) is 52.9 Å². The van der Waals surface area contributed by atoms with Crippen LogP contribution in [0.2, 0.25) is 0 Å². The number of anilines is 1. The van der Waals surface area contributed by atoms with Crippen molar-refractivity contribution in [3.63, 3.8) is 0 Å². The zero-order chi connectivity index (χ0) is 14.7. The van der Waals surface area contributed by atoms with E-state index in [1.165, 1.54) is 10.9 Å². The molecule has 0 spiro atoms. The van der Waals surface area contributed by atoms with Crippen molar-refractivity contribution in [2.75, 3.05) is 36.0 Å². The molecule has 0 radical (unpaired) electrons. The molecule has 1 aliphatic rings. The number of fused-ring (bicyclic) bond motifs is 1. The molecule has 1 aromatic carbocycles. The quantitative estimate of drug-likeness (QED) is 0.937. The second-order valence-corrected chi connectivity index (χ2v) is 6.98. The lowest BCUT2D eigenvalue weighted by Crippen LogP contribution is -2.39. The normalized spacial score (nSPS) is 16.5. The van der Waals surface area contributed by atoms with Crippen molar-refractivity contribution >= 4 is 27.5 Å². The molecule has 112 valence electrons. The van der Waals surface area contributed by atoms with Gasteiger partial charge in [-0.05, 0) is 18.7 Å². The number of para-hydroxylation sites is 1. The molecule has 0 amide bonds. The Labute approximate surface area is 128 Å². The fourth-order valence-electron chi connectivity index (χ4n) is 2.66. The minimum Gasteiger partial charge on any atom is -0.354 e. The molecule has 3 rings (SSSR count). The molecule has 0 bridgehead atoms. The molecule has 1 saturated heterocycles. The maximum atomic E-state index is 11.6. The summed E-state index contributed by atoms with van der Waals surface area (Å²) < 4.78 is 11.6. The van der Waals surface area contributed by atoms with E-state index in [2.05, 4.69) is 35.3 Å². The summed E-state index contributed by atoms with van der Waals surface area (Å²) in [6, 6.07) is 10.5. The van der Waals surface area contributed by atoms with Crippen molar-refractivity contribution in [3.8, 4) is 0 Å². The third-order valence-corrected chi connectivity index (χ3v) is 5.10. The average molecular weight is 303 g/mol. The Bertz CT molecular complexity index is 649. The monoisotopic (exact) mass is 303 g/mol. The lowest BCUT2D eigenvalue weighted by atomic mass is 10.1. The Balaban J connectivity index is 1.98. The van der Waals surface area contributed by atoms with Gasteiger partial charge in [-0.15, -0.1) is 0 Å². The van der Waals surface area contributed by atoms with Gasteiger partial charge in [-0.1, -0.05) is 25.1 Å². The van der Waals surface area contributed by atoms with Crippen molar-refractivity contribution in [1.29, 1.82) is 0 Å². The summed E-state index contributed by atoms with van der Waals surface area (Å²) in [5.74, 6) is 2.54. The van der Waals surface area contributed by atoms with Gasteiger partial charge in [-0.3, -0.25) is 4.21 Å². The van der Waals surface area contributed by atoms with Gasteiger partial charge in [-0.2, -0.15) is 0 Å². The second-order valence-electron chi connectivity index (χ2n) is 5.28.